The molecule has 0 unspecified atom stereocenters. The number of hydrogen-bond donors (Lipinski definition) is 0. The molecule has 0 spiro atoms. The van der Waals surface area contributed by atoms with E-state index in [2.05, 4.69) is 63.7 Å². The molecule has 7 aromatic carbocycles. The second-order valence-electron chi connectivity index (χ2n) is 13.1. The Morgan fingerprint density at radius 1 is 0.358 bits per heavy atom. The van der Waals surface area contributed by atoms with Crippen LogP contribution in [-0.2, 0) is 0 Å². The summed E-state index contributed by atoms with van der Waals surface area (Å²) >= 11 is 0. The fourth-order valence-corrected chi connectivity index (χ4v) is 7.78. The summed E-state index contributed by atoms with van der Waals surface area (Å²) in [6.07, 6.45) is 0. The molecule has 0 aliphatic rings. The quantitative estimate of drug-likeness (QED) is 0.185. The van der Waals surface area contributed by atoms with E-state index >= 15 is 0 Å². The van der Waals surface area contributed by atoms with Crippen molar-refractivity contribution in [3.05, 3.63) is 156 Å². The monoisotopic (exact) mass is 674 g/mol. The minimum Gasteiger partial charge on any atom is -0.456 e. The molecule has 53 heavy (non-hydrogen) atoms. The summed E-state index contributed by atoms with van der Waals surface area (Å²) in [4.78, 5) is 0. The van der Waals surface area contributed by atoms with Crippen LogP contribution in [0.5, 0.6) is 0 Å². The number of aromatic nitrogens is 2. The number of nitriles is 4. The standard InChI is InChI=1S/C46H22N6O/c47-23-27-4-10-35-36-11-5-28(24-48)17-42(36)51(41(35)16-27)33-3-1-2-31(20-33)32-8-14-45-39(21-32)40-22-34(9-15-46(40)53-45)52-43-18-29(25-49)6-12-37(43)38-13-7-30(26-50)19-44(38)52/h1-22H. The summed E-state index contributed by atoms with van der Waals surface area (Å²) in [5.41, 5.74) is 11.1. The van der Waals surface area contributed by atoms with Gasteiger partial charge in [-0.2, -0.15) is 21.0 Å². The average molecular weight is 675 g/mol. The van der Waals surface area contributed by atoms with E-state index in [0.29, 0.717) is 22.3 Å². The summed E-state index contributed by atoms with van der Waals surface area (Å²) < 4.78 is 10.6. The van der Waals surface area contributed by atoms with E-state index in [9.17, 15) is 21.0 Å². The third kappa shape index (κ3) is 4.43. The van der Waals surface area contributed by atoms with Crippen molar-refractivity contribution < 1.29 is 4.42 Å². The molecule has 0 radical (unpaired) electrons. The van der Waals surface area contributed by atoms with E-state index in [4.69, 9.17) is 4.42 Å². The molecule has 0 N–H and O–H groups in total. The topological polar surface area (TPSA) is 118 Å². The Labute approximate surface area is 301 Å². The highest BCUT2D eigenvalue weighted by molar-refractivity contribution is 6.12. The number of fused-ring (bicyclic) bond motifs is 9. The highest BCUT2D eigenvalue weighted by atomic mass is 16.3. The van der Waals surface area contributed by atoms with Crippen LogP contribution in [0, 0.1) is 45.3 Å². The van der Waals surface area contributed by atoms with Crippen molar-refractivity contribution in [2.75, 3.05) is 0 Å². The van der Waals surface area contributed by atoms with Gasteiger partial charge in [-0.05, 0) is 102 Å². The predicted molar refractivity (Wildman–Crippen MR) is 207 cm³/mol. The molecule has 0 aliphatic carbocycles. The van der Waals surface area contributed by atoms with Gasteiger partial charge in [0.2, 0.25) is 0 Å². The molecule has 0 atom stereocenters. The van der Waals surface area contributed by atoms with Crippen LogP contribution in [0.25, 0.3) is 88.1 Å². The van der Waals surface area contributed by atoms with Crippen molar-refractivity contribution in [1.82, 2.24) is 9.13 Å². The molecule has 0 amide bonds. The molecular formula is C46H22N6O. The van der Waals surface area contributed by atoms with Gasteiger partial charge in [0.05, 0.1) is 68.6 Å². The van der Waals surface area contributed by atoms with E-state index in [0.717, 1.165) is 88.1 Å². The summed E-state index contributed by atoms with van der Waals surface area (Å²) in [5.74, 6) is 0. The average Bonchev–Trinajstić information content (AvgIpc) is 3.86. The molecule has 10 aromatic rings. The zero-order chi connectivity index (χ0) is 35.8. The lowest BCUT2D eigenvalue weighted by atomic mass is 10.0. The Kier molecular flexibility index (Phi) is 6.30. The first-order valence-corrected chi connectivity index (χ1v) is 16.9. The Morgan fingerprint density at radius 3 is 1.25 bits per heavy atom. The summed E-state index contributed by atoms with van der Waals surface area (Å²) in [6.45, 7) is 0. The van der Waals surface area contributed by atoms with Crippen LogP contribution in [0.4, 0.5) is 0 Å². The molecule has 0 bridgehead atoms. The van der Waals surface area contributed by atoms with Crippen LogP contribution in [0.3, 0.4) is 0 Å². The van der Waals surface area contributed by atoms with Crippen molar-refractivity contribution in [3.63, 3.8) is 0 Å². The van der Waals surface area contributed by atoms with E-state index < -0.39 is 0 Å². The minimum atomic E-state index is 0.556. The van der Waals surface area contributed by atoms with Gasteiger partial charge in [0, 0.05) is 43.7 Å². The largest absolute Gasteiger partial charge is 0.456 e. The van der Waals surface area contributed by atoms with Gasteiger partial charge in [-0.15, -0.1) is 0 Å². The van der Waals surface area contributed by atoms with E-state index in [-0.39, 0.29) is 0 Å². The van der Waals surface area contributed by atoms with Crippen LogP contribution >= 0.6 is 0 Å². The van der Waals surface area contributed by atoms with Crippen LogP contribution in [0.1, 0.15) is 22.3 Å². The molecule has 3 heterocycles. The Hall–Kier alpha value is -8.10. The van der Waals surface area contributed by atoms with Crippen LogP contribution in [0.2, 0.25) is 0 Å². The molecule has 0 saturated heterocycles. The third-order valence-corrected chi connectivity index (χ3v) is 10.2. The first-order chi connectivity index (χ1) is 26.0. The van der Waals surface area contributed by atoms with Crippen molar-refractivity contribution in [1.29, 1.82) is 21.0 Å². The number of furan rings is 1. The number of benzene rings is 7. The van der Waals surface area contributed by atoms with Crippen molar-refractivity contribution in [2.45, 2.75) is 0 Å². The first kappa shape index (κ1) is 29.8. The Balaban J connectivity index is 1.16. The molecule has 0 aliphatic heterocycles. The molecule has 242 valence electrons. The summed E-state index contributed by atoms with van der Waals surface area (Å²) in [6, 6.07) is 52.4. The second-order valence-corrected chi connectivity index (χ2v) is 13.1. The van der Waals surface area contributed by atoms with E-state index in [1.807, 2.05) is 103 Å². The Bertz CT molecular complexity index is 3260. The summed E-state index contributed by atoms with van der Waals surface area (Å²) in [7, 11) is 0. The number of hydrogen-bond acceptors (Lipinski definition) is 5. The van der Waals surface area contributed by atoms with Gasteiger partial charge >= 0.3 is 0 Å². The van der Waals surface area contributed by atoms with Gasteiger partial charge in [-0.3, -0.25) is 0 Å². The maximum atomic E-state index is 9.73. The van der Waals surface area contributed by atoms with Gasteiger partial charge < -0.3 is 13.6 Å². The SMILES string of the molecule is N#Cc1ccc2c3ccc(C#N)cc3n(-c3cccc(-c4ccc5oc6ccc(-n7c8cc(C#N)ccc8c8ccc(C#N)cc87)cc6c5c4)c3)c2c1. The number of rotatable bonds is 3. The van der Waals surface area contributed by atoms with E-state index in [1.165, 1.54) is 0 Å². The fourth-order valence-electron chi connectivity index (χ4n) is 7.78. The molecule has 7 nitrogen and oxygen atoms in total. The van der Waals surface area contributed by atoms with Crippen molar-refractivity contribution in [2.24, 2.45) is 0 Å². The maximum Gasteiger partial charge on any atom is 0.135 e. The highest BCUT2D eigenvalue weighted by Crippen LogP contribution is 2.39. The fraction of sp³-hybridized carbons (Fsp3) is 0. The van der Waals surface area contributed by atoms with Gasteiger partial charge in [0.1, 0.15) is 11.2 Å². The van der Waals surface area contributed by atoms with Crippen LogP contribution in [0.15, 0.2) is 138 Å². The zero-order valence-electron chi connectivity index (χ0n) is 27.8. The van der Waals surface area contributed by atoms with Gasteiger partial charge in [0.15, 0.2) is 0 Å². The highest BCUT2D eigenvalue weighted by Gasteiger charge is 2.18. The van der Waals surface area contributed by atoms with Gasteiger partial charge in [-0.1, -0.05) is 42.5 Å². The predicted octanol–water partition coefficient (Wildman–Crippen LogP) is 10.9. The van der Waals surface area contributed by atoms with Gasteiger partial charge in [0.25, 0.3) is 0 Å². The normalized spacial score (nSPS) is 11.3. The lowest BCUT2D eigenvalue weighted by molar-refractivity contribution is 0.669. The third-order valence-electron chi connectivity index (χ3n) is 10.2. The van der Waals surface area contributed by atoms with Crippen molar-refractivity contribution >= 4 is 65.6 Å². The molecular weight excluding hydrogens is 653 g/mol. The number of nitrogens with zero attached hydrogens (tertiary/aromatic N) is 6. The van der Waals surface area contributed by atoms with Crippen LogP contribution in [-0.4, -0.2) is 9.13 Å². The van der Waals surface area contributed by atoms with Crippen molar-refractivity contribution in [3.8, 4) is 46.8 Å². The zero-order valence-corrected chi connectivity index (χ0v) is 27.8. The lowest BCUT2D eigenvalue weighted by Gasteiger charge is -2.11. The maximum absolute atomic E-state index is 9.73. The van der Waals surface area contributed by atoms with Crippen LogP contribution < -0.4 is 0 Å². The second kappa shape index (κ2) is 11.2. The molecule has 0 saturated carbocycles. The molecule has 10 rings (SSSR count). The Morgan fingerprint density at radius 2 is 0.774 bits per heavy atom. The lowest BCUT2D eigenvalue weighted by Crippen LogP contribution is -1.95. The van der Waals surface area contributed by atoms with E-state index in [1.54, 1.807) is 0 Å². The van der Waals surface area contributed by atoms with Gasteiger partial charge in [-0.25, -0.2) is 0 Å². The molecule has 3 aromatic heterocycles. The molecule has 7 heteroatoms. The minimum absolute atomic E-state index is 0.556. The molecule has 0 fully saturated rings. The first-order valence-electron chi connectivity index (χ1n) is 16.9. The summed E-state index contributed by atoms with van der Waals surface area (Å²) in [5, 5.41) is 44.8. The smallest absolute Gasteiger partial charge is 0.135 e.